The molecular weight excluding hydrogens is 699 g/mol. The number of nitrogens with one attached hydrogen (secondary N) is 4. The molecule has 304 valence electrons. The summed E-state index contributed by atoms with van der Waals surface area (Å²) < 4.78 is 0.127. The quantitative estimate of drug-likeness (QED) is 0.0794. The van der Waals surface area contributed by atoms with Crippen molar-refractivity contribution in [2.24, 2.45) is 28.6 Å². The van der Waals surface area contributed by atoms with Crippen LogP contribution >= 0.6 is 10.5 Å². The van der Waals surface area contributed by atoms with E-state index < -0.39 is 35.2 Å². The summed E-state index contributed by atoms with van der Waals surface area (Å²) in [5.74, 6) is -0.757. The molecule has 11 heteroatoms. The molecule has 1 saturated heterocycles. The Morgan fingerprint density at radius 3 is 2.11 bits per heavy atom. The molecule has 4 N–H and O–H groups in total. The number of rotatable bonds is 16. The normalized spacial score (nSPS) is 27.3. The largest absolute Gasteiger partial charge is 0.346 e. The maximum Gasteiger partial charge on any atom is 0.315 e. The zero-order valence-electron chi connectivity index (χ0n) is 34.5. The monoisotopic (exact) mass is 770 g/mol. The fourth-order valence-corrected chi connectivity index (χ4v) is 12.7. The van der Waals surface area contributed by atoms with Crippen LogP contribution in [0.1, 0.15) is 145 Å². The number of carbonyl (C=O) groups excluding carboxylic acids is 5. The number of fused-ring (bicyclic) bond motifs is 1. The molecule has 1 heterocycles. The summed E-state index contributed by atoms with van der Waals surface area (Å²) >= 11 is 0. The van der Waals surface area contributed by atoms with Crippen molar-refractivity contribution in [3.8, 4) is 0 Å². The molecule has 0 radical (unpaired) electrons. The highest BCUT2D eigenvalue weighted by Gasteiger charge is 2.70. The van der Waals surface area contributed by atoms with Crippen LogP contribution < -0.4 is 21.3 Å². The van der Waals surface area contributed by atoms with Crippen molar-refractivity contribution < 1.29 is 24.0 Å². The van der Waals surface area contributed by atoms with Gasteiger partial charge in [-0.2, -0.15) is 10.5 Å². The lowest BCUT2D eigenvalue weighted by molar-refractivity contribution is -0.146. The second-order valence-electron chi connectivity index (χ2n) is 18.9. The zero-order valence-corrected chi connectivity index (χ0v) is 35.3. The van der Waals surface area contributed by atoms with Crippen LogP contribution in [-0.2, 0) is 19.2 Å². The van der Waals surface area contributed by atoms with Crippen molar-refractivity contribution in [3.63, 3.8) is 0 Å². The number of ketones is 1. The average Bonchev–Trinajstić information content (AvgIpc) is 3.42. The lowest BCUT2D eigenvalue weighted by atomic mass is 9.70. The maximum absolute atomic E-state index is 15.1. The van der Waals surface area contributed by atoms with Crippen LogP contribution in [0.15, 0.2) is 12.7 Å². The molecular formula is C43H71N5O5S. The smallest absolute Gasteiger partial charge is 0.315 e. The van der Waals surface area contributed by atoms with Gasteiger partial charge in [-0.15, -0.1) is 6.58 Å². The highest BCUT2D eigenvalue weighted by atomic mass is 32.2. The number of urea groups is 1. The van der Waals surface area contributed by atoms with Crippen LogP contribution in [0.3, 0.4) is 0 Å². The van der Waals surface area contributed by atoms with E-state index in [9.17, 15) is 19.2 Å². The van der Waals surface area contributed by atoms with Gasteiger partial charge in [0.1, 0.15) is 12.1 Å². The predicted molar refractivity (Wildman–Crippen MR) is 219 cm³/mol. The third-order valence-electron chi connectivity index (χ3n) is 14.5. The van der Waals surface area contributed by atoms with Gasteiger partial charge in [0.15, 0.2) is 0 Å². The Morgan fingerprint density at radius 2 is 1.56 bits per heavy atom. The molecule has 0 bridgehead atoms. The van der Waals surface area contributed by atoms with Crippen molar-refractivity contribution in [2.75, 3.05) is 18.8 Å². The van der Waals surface area contributed by atoms with E-state index in [0.717, 1.165) is 95.6 Å². The highest BCUT2D eigenvalue weighted by Crippen LogP contribution is 2.65. The number of nitrogens with zero attached hydrogens (tertiary/aromatic N) is 1. The molecule has 5 aliphatic rings. The van der Waals surface area contributed by atoms with Crippen molar-refractivity contribution in [1.82, 2.24) is 26.2 Å². The van der Waals surface area contributed by atoms with Gasteiger partial charge in [0.05, 0.1) is 11.6 Å². The molecule has 10 nitrogen and oxygen atoms in total. The Bertz CT molecular complexity index is 1460. The lowest BCUT2D eigenvalue weighted by Gasteiger charge is -2.45. The number of piperidine rings is 1. The summed E-state index contributed by atoms with van der Waals surface area (Å²) in [7, 11) is -0.00287. The molecule has 0 aromatic heterocycles. The molecule has 0 aromatic rings. The molecule has 4 unspecified atom stereocenters. The first-order chi connectivity index (χ1) is 25.5. The molecule has 4 saturated carbocycles. The lowest BCUT2D eigenvalue weighted by Crippen LogP contribution is -2.64. The number of hydrogen-bond acceptors (Lipinski definition) is 5. The van der Waals surface area contributed by atoms with Crippen LogP contribution in [0.4, 0.5) is 4.79 Å². The van der Waals surface area contributed by atoms with Gasteiger partial charge in [0.25, 0.3) is 5.91 Å². The molecule has 5 fully saturated rings. The number of Topliss-reactive ketones (excluding diaryl/α,β-unsaturated/α-hetero) is 1. The van der Waals surface area contributed by atoms with Crippen LogP contribution in [0.5, 0.6) is 0 Å². The van der Waals surface area contributed by atoms with Gasteiger partial charge in [-0.25, -0.2) is 4.79 Å². The third-order valence-corrected chi connectivity index (χ3v) is 17.6. The van der Waals surface area contributed by atoms with E-state index in [0.29, 0.717) is 13.0 Å². The maximum atomic E-state index is 15.1. The first kappa shape index (κ1) is 42.5. The number of amides is 5. The fourth-order valence-electron chi connectivity index (χ4n) is 10.1. The Balaban J connectivity index is 1.40. The Hall–Kier alpha value is -2.69. The predicted octanol–water partition coefficient (Wildman–Crippen LogP) is 6.64. The number of hydrogen-bond donors (Lipinski definition) is 4. The summed E-state index contributed by atoms with van der Waals surface area (Å²) in [5.41, 5.74) is -0.948. The standard InChI is InChI=1S/C43H71N5O5S/c1-9-25-44-37(51)34(49)31(26-29-19-18-20-29)45-36(50)33-32-30(41(32,6)7)27-48(33)38(52)35(42(8)21-14-12-15-22-42)46-39(53)47-43(23-16-13-17-24-43)28-54(11-3)40(4,5)10-2/h9,11,29-33,35H,1,10,12-28H2,2-8H3,(H,44,51)(H,45,50)(H2,46,47,53)/t30?,31?,32?,33-,35+,54?/m0/s1. The van der Waals surface area contributed by atoms with Crippen LogP contribution in [-0.4, -0.2) is 87.1 Å². The summed E-state index contributed by atoms with van der Waals surface area (Å²) in [5, 5.41) is 14.7. The molecule has 5 rings (SSSR count). The fraction of sp³-hybridized carbons (Fsp3) is 0.814. The van der Waals surface area contributed by atoms with Crippen molar-refractivity contribution in [3.05, 3.63) is 12.7 Å². The minimum atomic E-state index is -0.963. The number of likely N-dealkylation sites (tertiary alicyclic amines) is 1. The summed E-state index contributed by atoms with van der Waals surface area (Å²) in [6.45, 7) is 19.7. The Labute approximate surface area is 327 Å². The van der Waals surface area contributed by atoms with Crippen molar-refractivity contribution in [1.29, 1.82) is 0 Å². The van der Waals surface area contributed by atoms with Crippen LogP contribution in [0.2, 0.25) is 0 Å². The number of carbonyl (C=O) groups is 5. The summed E-state index contributed by atoms with van der Waals surface area (Å²) in [6.07, 6.45) is 15.8. The summed E-state index contributed by atoms with van der Waals surface area (Å²) in [4.78, 5) is 71.9. The molecule has 0 aromatic carbocycles. The Morgan fingerprint density at radius 1 is 0.926 bits per heavy atom. The average molecular weight is 770 g/mol. The second-order valence-corrected chi connectivity index (χ2v) is 21.6. The third kappa shape index (κ3) is 9.12. The van der Waals surface area contributed by atoms with E-state index in [1.165, 1.54) is 6.08 Å². The highest BCUT2D eigenvalue weighted by molar-refractivity contribution is 8.16. The van der Waals surface area contributed by atoms with Gasteiger partial charge in [-0.1, -0.05) is 111 Å². The van der Waals surface area contributed by atoms with Gasteiger partial charge in [0, 0.05) is 23.6 Å². The van der Waals surface area contributed by atoms with Crippen molar-refractivity contribution >= 4 is 45.4 Å². The zero-order chi connectivity index (χ0) is 39.5. The van der Waals surface area contributed by atoms with Gasteiger partial charge in [-0.05, 0) is 74.0 Å². The molecule has 0 spiro atoms. The van der Waals surface area contributed by atoms with E-state index in [4.69, 9.17) is 0 Å². The van der Waals surface area contributed by atoms with Gasteiger partial charge in [0.2, 0.25) is 17.6 Å². The van der Waals surface area contributed by atoms with E-state index in [-0.39, 0.29) is 68.3 Å². The minimum absolute atomic E-state index is 0.00287. The van der Waals surface area contributed by atoms with Crippen LogP contribution in [0, 0.1) is 28.6 Å². The van der Waals surface area contributed by atoms with Crippen LogP contribution in [0.25, 0.3) is 0 Å². The molecule has 54 heavy (non-hydrogen) atoms. The molecule has 4 aliphatic carbocycles. The first-order valence-electron chi connectivity index (χ1n) is 21.1. The molecule has 5 amide bonds. The molecule has 6 atom stereocenters. The van der Waals surface area contributed by atoms with E-state index in [2.05, 4.69) is 81.7 Å². The second kappa shape index (κ2) is 17.2. The first-order valence-corrected chi connectivity index (χ1v) is 22.6. The van der Waals surface area contributed by atoms with E-state index >= 15 is 4.79 Å². The molecule has 1 aliphatic heterocycles. The van der Waals surface area contributed by atoms with Crippen molar-refractivity contribution in [2.45, 2.75) is 173 Å². The summed E-state index contributed by atoms with van der Waals surface area (Å²) in [6, 6.07) is -2.84. The Kier molecular flexibility index (Phi) is 13.5. The van der Waals surface area contributed by atoms with Gasteiger partial charge >= 0.3 is 6.03 Å². The minimum Gasteiger partial charge on any atom is -0.346 e. The topological polar surface area (TPSA) is 137 Å². The van der Waals surface area contributed by atoms with E-state index in [1.54, 1.807) is 4.90 Å². The van der Waals surface area contributed by atoms with Gasteiger partial charge in [-0.3, -0.25) is 19.2 Å². The van der Waals surface area contributed by atoms with E-state index in [1.807, 2.05) is 0 Å². The SMILES string of the molecule is C=CCNC(=O)C(=O)C(CC1CCC1)NC(=O)[C@@H]1C2C(CN1C(=O)[C@@H](NC(=O)NC1(C/S(=C/C)C(C)(C)CC)CCCCC1)C1(C)CCCCC1)C2(C)C. The van der Waals surface area contributed by atoms with Gasteiger partial charge < -0.3 is 26.2 Å².